The first-order chi connectivity index (χ1) is 11.7. The fourth-order valence-electron chi connectivity index (χ4n) is 2.29. The molecule has 24 heavy (non-hydrogen) atoms. The van der Waals surface area contributed by atoms with Crippen molar-refractivity contribution < 1.29 is 9.47 Å². The number of nitrogens with zero attached hydrogens (tertiary/aromatic N) is 1. The van der Waals surface area contributed by atoms with Gasteiger partial charge in [0.25, 0.3) is 0 Å². The monoisotopic (exact) mass is 397 g/mol. The Morgan fingerprint density at radius 1 is 1.33 bits per heavy atom. The van der Waals surface area contributed by atoms with E-state index in [1.165, 1.54) is 12.8 Å². The Hall–Kier alpha value is -1.27. The van der Waals surface area contributed by atoms with Crippen LogP contribution in [0.4, 0.5) is 0 Å². The largest absolute Gasteiger partial charge is 0.496 e. The van der Waals surface area contributed by atoms with Gasteiger partial charge < -0.3 is 20.1 Å². The minimum atomic E-state index is 0.566. The van der Waals surface area contributed by atoms with Gasteiger partial charge in [-0.25, -0.2) is 4.99 Å². The molecule has 0 aliphatic heterocycles. The van der Waals surface area contributed by atoms with Crippen molar-refractivity contribution in [3.63, 3.8) is 0 Å². The fraction of sp³-hybridized carbons (Fsp3) is 0.611. The summed E-state index contributed by atoms with van der Waals surface area (Å²) < 4.78 is 12.1. The first-order valence-electron chi connectivity index (χ1n) is 8.65. The number of benzene rings is 1. The van der Waals surface area contributed by atoms with Gasteiger partial charge in [0, 0.05) is 36.3 Å². The van der Waals surface area contributed by atoms with Crippen LogP contribution in [0.5, 0.6) is 5.75 Å². The third-order valence-corrected chi connectivity index (χ3v) is 4.30. The molecule has 2 N–H and O–H groups in total. The van der Waals surface area contributed by atoms with Crippen LogP contribution < -0.4 is 15.4 Å². The first kappa shape index (κ1) is 19.1. The van der Waals surface area contributed by atoms with E-state index in [9.17, 15) is 0 Å². The maximum absolute atomic E-state index is 5.65. The summed E-state index contributed by atoms with van der Waals surface area (Å²) in [5.41, 5.74) is 1.05. The zero-order valence-corrected chi connectivity index (χ0v) is 16.2. The maximum Gasteiger partial charge on any atom is 0.191 e. The van der Waals surface area contributed by atoms with Crippen LogP contribution in [0.2, 0.25) is 0 Å². The highest BCUT2D eigenvalue weighted by Crippen LogP contribution is 2.28. The van der Waals surface area contributed by atoms with E-state index in [1.54, 1.807) is 7.11 Å². The Balaban J connectivity index is 1.77. The predicted octanol–water partition coefficient (Wildman–Crippen LogP) is 3.33. The molecule has 0 bridgehead atoms. The van der Waals surface area contributed by atoms with Crippen LogP contribution in [-0.4, -0.2) is 39.4 Å². The number of methoxy groups -OCH3 is 1. The normalized spacial score (nSPS) is 14.5. The predicted molar refractivity (Wildman–Crippen MR) is 102 cm³/mol. The van der Waals surface area contributed by atoms with Crippen LogP contribution in [0, 0.1) is 5.92 Å². The van der Waals surface area contributed by atoms with E-state index in [4.69, 9.17) is 9.47 Å². The molecule has 2 rings (SSSR count). The van der Waals surface area contributed by atoms with Gasteiger partial charge in [-0.3, -0.25) is 0 Å². The van der Waals surface area contributed by atoms with Gasteiger partial charge in [0.15, 0.2) is 5.96 Å². The number of halogens is 1. The maximum atomic E-state index is 5.65. The lowest BCUT2D eigenvalue weighted by molar-refractivity contribution is 0.123. The van der Waals surface area contributed by atoms with Gasteiger partial charge in [0.2, 0.25) is 0 Å². The van der Waals surface area contributed by atoms with Crippen LogP contribution in [0.3, 0.4) is 0 Å². The highest BCUT2D eigenvalue weighted by Gasteiger charge is 2.20. The average molecular weight is 398 g/mol. The molecule has 0 spiro atoms. The second-order valence-corrected chi connectivity index (χ2v) is 6.87. The molecule has 1 aliphatic carbocycles. The highest BCUT2D eigenvalue weighted by atomic mass is 79.9. The van der Waals surface area contributed by atoms with Crippen molar-refractivity contribution in [2.75, 3.05) is 33.4 Å². The first-order valence-corrected chi connectivity index (χ1v) is 9.44. The SMILES string of the molecule is CCNC(=NCc1cc(Br)ccc1OC)NCCCOCC1CC1. The molecule has 0 aromatic heterocycles. The summed E-state index contributed by atoms with van der Waals surface area (Å²) in [7, 11) is 1.68. The Bertz CT molecular complexity index is 533. The lowest BCUT2D eigenvalue weighted by Crippen LogP contribution is -2.38. The van der Waals surface area contributed by atoms with Gasteiger partial charge >= 0.3 is 0 Å². The van der Waals surface area contributed by atoms with Crippen molar-refractivity contribution in [3.05, 3.63) is 28.2 Å². The van der Waals surface area contributed by atoms with Gasteiger partial charge in [0.1, 0.15) is 5.75 Å². The van der Waals surface area contributed by atoms with E-state index < -0.39 is 0 Å². The molecular formula is C18H28BrN3O2. The Morgan fingerprint density at radius 3 is 2.88 bits per heavy atom. The van der Waals surface area contributed by atoms with Gasteiger partial charge in [-0.15, -0.1) is 0 Å². The summed E-state index contributed by atoms with van der Waals surface area (Å²) in [5, 5.41) is 6.62. The smallest absolute Gasteiger partial charge is 0.191 e. The summed E-state index contributed by atoms with van der Waals surface area (Å²) in [5.74, 6) is 2.50. The van der Waals surface area contributed by atoms with E-state index in [0.717, 1.165) is 60.4 Å². The summed E-state index contributed by atoms with van der Waals surface area (Å²) in [6.07, 6.45) is 3.67. The number of rotatable bonds is 10. The van der Waals surface area contributed by atoms with Gasteiger partial charge in [0.05, 0.1) is 13.7 Å². The van der Waals surface area contributed by atoms with E-state index >= 15 is 0 Å². The van der Waals surface area contributed by atoms with Crippen LogP contribution in [-0.2, 0) is 11.3 Å². The van der Waals surface area contributed by atoms with Gasteiger partial charge in [-0.2, -0.15) is 0 Å². The molecule has 0 radical (unpaired) electrons. The van der Waals surface area contributed by atoms with E-state index in [2.05, 4.69) is 38.5 Å². The molecule has 134 valence electrons. The number of aliphatic imine (C=N–C) groups is 1. The van der Waals surface area contributed by atoms with Crippen molar-refractivity contribution in [1.29, 1.82) is 0 Å². The zero-order valence-electron chi connectivity index (χ0n) is 14.6. The molecule has 1 aromatic carbocycles. The topological polar surface area (TPSA) is 54.9 Å². The highest BCUT2D eigenvalue weighted by molar-refractivity contribution is 9.10. The number of guanidine groups is 1. The molecule has 0 atom stereocenters. The summed E-state index contributed by atoms with van der Waals surface area (Å²) in [4.78, 5) is 4.64. The van der Waals surface area contributed by atoms with E-state index in [1.807, 2.05) is 18.2 Å². The minimum absolute atomic E-state index is 0.566. The Morgan fingerprint density at radius 2 is 2.17 bits per heavy atom. The molecular weight excluding hydrogens is 370 g/mol. The van der Waals surface area contributed by atoms with E-state index in [-0.39, 0.29) is 0 Å². The third kappa shape index (κ3) is 7.09. The lowest BCUT2D eigenvalue weighted by Gasteiger charge is -2.12. The van der Waals surface area contributed by atoms with Crippen LogP contribution in [0.15, 0.2) is 27.7 Å². The molecule has 1 aliphatic rings. The van der Waals surface area contributed by atoms with Crippen LogP contribution in [0.25, 0.3) is 0 Å². The molecule has 0 amide bonds. The van der Waals surface area contributed by atoms with Crippen molar-refractivity contribution in [3.8, 4) is 5.75 Å². The van der Waals surface area contributed by atoms with Crippen molar-refractivity contribution in [2.45, 2.75) is 32.7 Å². The second-order valence-electron chi connectivity index (χ2n) is 5.95. The summed E-state index contributed by atoms with van der Waals surface area (Å²) in [6.45, 7) is 6.05. The summed E-state index contributed by atoms with van der Waals surface area (Å²) in [6, 6.07) is 5.96. The van der Waals surface area contributed by atoms with E-state index in [0.29, 0.717) is 6.54 Å². The average Bonchev–Trinajstić information content (AvgIpc) is 3.40. The van der Waals surface area contributed by atoms with Gasteiger partial charge in [-0.1, -0.05) is 15.9 Å². The lowest BCUT2D eigenvalue weighted by atomic mass is 10.2. The molecule has 1 saturated carbocycles. The van der Waals surface area contributed by atoms with Crippen LogP contribution in [0.1, 0.15) is 31.7 Å². The molecule has 1 fully saturated rings. The molecule has 0 unspecified atom stereocenters. The molecule has 0 heterocycles. The number of ether oxygens (including phenoxy) is 2. The third-order valence-electron chi connectivity index (χ3n) is 3.80. The fourth-order valence-corrected chi connectivity index (χ4v) is 2.70. The molecule has 5 nitrogen and oxygen atoms in total. The quantitative estimate of drug-likeness (QED) is 0.361. The molecule has 0 saturated heterocycles. The van der Waals surface area contributed by atoms with Crippen LogP contribution >= 0.6 is 15.9 Å². The zero-order chi connectivity index (χ0) is 17.2. The number of hydrogen-bond donors (Lipinski definition) is 2. The Kier molecular flexibility index (Phi) is 8.39. The van der Waals surface area contributed by atoms with Crippen molar-refractivity contribution in [2.24, 2.45) is 10.9 Å². The van der Waals surface area contributed by atoms with Crippen molar-refractivity contribution >= 4 is 21.9 Å². The minimum Gasteiger partial charge on any atom is -0.496 e. The van der Waals surface area contributed by atoms with Gasteiger partial charge in [-0.05, 0) is 50.3 Å². The number of nitrogens with one attached hydrogen (secondary N) is 2. The number of hydrogen-bond acceptors (Lipinski definition) is 3. The standard InChI is InChI=1S/C18H28BrN3O2/c1-3-20-18(21-9-4-10-24-13-14-5-6-14)22-12-15-11-16(19)7-8-17(15)23-2/h7-8,11,14H,3-6,9-10,12-13H2,1-2H3,(H2,20,21,22). The molecule has 1 aromatic rings. The Labute approximate surface area is 153 Å². The second kappa shape index (κ2) is 10.6. The summed E-state index contributed by atoms with van der Waals surface area (Å²) >= 11 is 3.49. The van der Waals surface area contributed by atoms with Crippen molar-refractivity contribution in [1.82, 2.24) is 10.6 Å². The molecule has 6 heteroatoms.